The number of piperazine rings is 1. The van der Waals surface area contributed by atoms with E-state index in [2.05, 4.69) is 5.32 Å². The Morgan fingerprint density at radius 2 is 1.66 bits per heavy atom. The SMILES string of the molecule is Cc1ccc(C)c(NC(=O)C(C)N2CCN(C(=O)c3ccc(F)c(F)c3)CC2)c1. The maximum absolute atomic E-state index is 13.4. The molecule has 1 heterocycles. The third-order valence-electron chi connectivity index (χ3n) is 5.35. The van der Waals surface area contributed by atoms with E-state index >= 15 is 0 Å². The highest BCUT2D eigenvalue weighted by Gasteiger charge is 2.28. The van der Waals surface area contributed by atoms with Crippen molar-refractivity contribution in [2.24, 2.45) is 0 Å². The van der Waals surface area contributed by atoms with Crippen molar-refractivity contribution in [2.75, 3.05) is 31.5 Å². The fourth-order valence-corrected chi connectivity index (χ4v) is 3.40. The van der Waals surface area contributed by atoms with E-state index in [0.717, 1.165) is 28.9 Å². The van der Waals surface area contributed by atoms with Gasteiger partial charge in [-0.3, -0.25) is 14.5 Å². The van der Waals surface area contributed by atoms with Crippen LogP contribution >= 0.6 is 0 Å². The summed E-state index contributed by atoms with van der Waals surface area (Å²) < 4.78 is 26.5. The van der Waals surface area contributed by atoms with Gasteiger partial charge in [0.1, 0.15) is 0 Å². The first kappa shape index (κ1) is 20.9. The lowest BCUT2D eigenvalue weighted by atomic mass is 10.1. The normalized spacial score (nSPS) is 15.8. The molecule has 7 heteroatoms. The summed E-state index contributed by atoms with van der Waals surface area (Å²) in [6.45, 7) is 7.64. The van der Waals surface area contributed by atoms with Crippen molar-refractivity contribution < 1.29 is 18.4 Å². The Labute approximate surface area is 169 Å². The van der Waals surface area contributed by atoms with Gasteiger partial charge in [-0.25, -0.2) is 8.78 Å². The van der Waals surface area contributed by atoms with Gasteiger partial charge < -0.3 is 10.2 Å². The zero-order valence-electron chi connectivity index (χ0n) is 16.8. The fraction of sp³-hybridized carbons (Fsp3) is 0.364. The molecule has 1 fully saturated rings. The Hall–Kier alpha value is -2.80. The van der Waals surface area contributed by atoms with Gasteiger partial charge >= 0.3 is 0 Å². The van der Waals surface area contributed by atoms with E-state index in [4.69, 9.17) is 0 Å². The van der Waals surface area contributed by atoms with Gasteiger partial charge in [-0.15, -0.1) is 0 Å². The standard InChI is InChI=1S/C22H25F2N3O2/c1-14-4-5-15(2)20(12-14)25-21(28)16(3)26-8-10-27(11-9-26)22(29)17-6-7-18(23)19(24)13-17/h4-7,12-13,16H,8-11H2,1-3H3,(H,25,28). The lowest BCUT2D eigenvalue weighted by molar-refractivity contribution is -0.121. The minimum atomic E-state index is -1.04. The van der Waals surface area contributed by atoms with Gasteiger partial charge in [-0.1, -0.05) is 12.1 Å². The third-order valence-corrected chi connectivity index (χ3v) is 5.35. The van der Waals surface area contributed by atoms with E-state index < -0.39 is 11.6 Å². The number of carbonyl (C=O) groups is 2. The fourth-order valence-electron chi connectivity index (χ4n) is 3.40. The van der Waals surface area contributed by atoms with Crippen LogP contribution in [0.15, 0.2) is 36.4 Å². The highest BCUT2D eigenvalue weighted by molar-refractivity contribution is 5.95. The van der Waals surface area contributed by atoms with Crippen LogP contribution < -0.4 is 5.32 Å². The zero-order valence-corrected chi connectivity index (χ0v) is 16.8. The first-order chi connectivity index (χ1) is 13.8. The van der Waals surface area contributed by atoms with Crippen molar-refractivity contribution in [3.05, 3.63) is 64.7 Å². The second-order valence-corrected chi connectivity index (χ2v) is 7.44. The van der Waals surface area contributed by atoms with Gasteiger partial charge in [0.15, 0.2) is 11.6 Å². The predicted octanol–water partition coefficient (Wildman–Crippen LogP) is 3.37. The lowest BCUT2D eigenvalue weighted by Gasteiger charge is -2.37. The van der Waals surface area contributed by atoms with Gasteiger partial charge in [0.2, 0.25) is 5.91 Å². The number of aryl methyl sites for hydroxylation is 2. The monoisotopic (exact) mass is 401 g/mol. The van der Waals surface area contributed by atoms with Crippen LogP contribution in [0.5, 0.6) is 0 Å². The molecular formula is C22H25F2N3O2. The Kier molecular flexibility index (Phi) is 6.27. The summed E-state index contributed by atoms with van der Waals surface area (Å²) in [4.78, 5) is 28.8. The molecule has 1 unspecified atom stereocenters. The molecule has 2 amide bonds. The molecule has 2 aromatic rings. The van der Waals surface area contributed by atoms with Crippen LogP contribution in [0.3, 0.4) is 0 Å². The number of nitrogens with zero attached hydrogens (tertiary/aromatic N) is 2. The third kappa shape index (κ3) is 4.79. The molecule has 1 aliphatic heterocycles. The Balaban J connectivity index is 1.58. The van der Waals surface area contributed by atoms with Crippen molar-refractivity contribution in [3.8, 4) is 0 Å². The van der Waals surface area contributed by atoms with E-state index in [1.54, 1.807) is 4.90 Å². The second-order valence-electron chi connectivity index (χ2n) is 7.44. The summed E-state index contributed by atoms with van der Waals surface area (Å²) in [5, 5.41) is 2.98. The van der Waals surface area contributed by atoms with Crippen LogP contribution in [0, 0.1) is 25.5 Å². The number of hydrogen-bond donors (Lipinski definition) is 1. The van der Waals surface area contributed by atoms with Crippen molar-refractivity contribution >= 4 is 17.5 Å². The molecule has 2 aromatic carbocycles. The minimum absolute atomic E-state index is 0.0981. The maximum atomic E-state index is 13.4. The molecule has 0 aromatic heterocycles. The number of amides is 2. The van der Waals surface area contributed by atoms with Crippen LogP contribution in [0.25, 0.3) is 0 Å². The molecule has 1 N–H and O–H groups in total. The molecule has 29 heavy (non-hydrogen) atoms. The number of anilines is 1. The van der Waals surface area contributed by atoms with Crippen LogP contribution in [-0.2, 0) is 4.79 Å². The molecule has 0 bridgehead atoms. The topological polar surface area (TPSA) is 52.7 Å². The van der Waals surface area contributed by atoms with Crippen LogP contribution in [-0.4, -0.2) is 53.8 Å². The summed E-state index contributed by atoms with van der Waals surface area (Å²) in [7, 11) is 0. The molecule has 1 saturated heterocycles. The van der Waals surface area contributed by atoms with Gasteiger partial charge in [-0.05, 0) is 56.2 Å². The highest BCUT2D eigenvalue weighted by Crippen LogP contribution is 2.18. The molecule has 3 rings (SSSR count). The van der Waals surface area contributed by atoms with Crippen molar-refractivity contribution in [1.82, 2.24) is 9.80 Å². The van der Waals surface area contributed by atoms with Gasteiger partial charge in [0, 0.05) is 37.4 Å². The van der Waals surface area contributed by atoms with Crippen molar-refractivity contribution in [3.63, 3.8) is 0 Å². The number of benzene rings is 2. The number of carbonyl (C=O) groups excluding carboxylic acids is 2. The van der Waals surface area contributed by atoms with Crippen molar-refractivity contribution in [2.45, 2.75) is 26.8 Å². The van der Waals surface area contributed by atoms with E-state index in [9.17, 15) is 18.4 Å². The van der Waals surface area contributed by atoms with E-state index in [-0.39, 0.29) is 23.4 Å². The lowest BCUT2D eigenvalue weighted by Crippen LogP contribution is -2.54. The van der Waals surface area contributed by atoms with E-state index in [1.165, 1.54) is 6.07 Å². The van der Waals surface area contributed by atoms with Crippen molar-refractivity contribution in [1.29, 1.82) is 0 Å². The van der Waals surface area contributed by atoms with Crippen LogP contribution in [0.4, 0.5) is 14.5 Å². The Morgan fingerprint density at radius 1 is 0.966 bits per heavy atom. The summed E-state index contributed by atoms with van der Waals surface area (Å²) in [5.74, 6) is -2.45. The summed E-state index contributed by atoms with van der Waals surface area (Å²) in [6, 6.07) is 8.72. The zero-order chi connectivity index (χ0) is 21.1. The van der Waals surface area contributed by atoms with Gasteiger partial charge in [0.05, 0.1) is 6.04 Å². The second kappa shape index (κ2) is 8.69. The van der Waals surface area contributed by atoms with Gasteiger partial charge in [0.25, 0.3) is 5.91 Å². The quantitative estimate of drug-likeness (QED) is 0.855. The minimum Gasteiger partial charge on any atom is -0.336 e. The number of hydrogen-bond acceptors (Lipinski definition) is 3. The average Bonchev–Trinajstić information content (AvgIpc) is 2.71. The first-order valence-electron chi connectivity index (χ1n) is 9.63. The summed E-state index contributed by atoms with van der Waals surface area (Å²) >= 11 is 0. The number of rotatable bonds is 4. The Morgan fingerprint density at radius 3 is 2.31 bits per heavy atom. The predicted molar refractivity (Wildman–Crippen MR) is 108 cm³/mol. The number of nitrogens with one attached hydrogen (secondary N) is 1. The molecule has 1 aliphatic rings. The molecule has 0 aliphatic carbocycles. The molecule has 0 saturated carbocycles. The van der Waals surface area contributed by atoms with E-state index in [1.807, 2.05) is 43.9 Å². The largest absolute Gasteiger partial charge is 0.336 e. The molecular weight excluding hydrogens is 376 g/mol. The maximum Gasteiger partial charge on any atom is 0.254 e. The molecule has 154 valence electrons. The van der Waals surface area contributed by atoms with Gasteiger partial charge in [-0.2, -0.15) is 0 Å². The molecule has 5 nitrogen and oxygen atoms in total. The summed E-state index contributed by atoms with van der Waals surface area (Å²) in [5.41, 5.74) is 2.99. The molecule has 1 atom stereocenters. The first-order valence-corrected chi connectivity index (χ1v) is 9.63. The summed E-state index contributed by atoms with van der Waals surface area (Å²) in [6.07, 6.45) is 0. The Bertz CT molecular complexity index is 924. The molecule has 0 spiro atoms. The number of halogens is 2. The van der Waals surface area contributed by atoms with Crippen LogP contribution in [0.1, 0.15) is 28.4 Å². The molecule has 0 radical (unpaired) electrons. The van der Waals surface area contributed by atoms with E-state index in [0.29, 0.717) is 26.2 Å². The van der Waals surface area contributed by atoms with Crippen LogP contribution in [0.2, 0.25) is 0 Å². The average molecular weight is 401 g/mol. The smallest absolute Gasteiger partial charge is 0.254 e. The highest BCUT2D eigenvalue weighted by atomic mass is 19.2.